The molecule has 8 aromatic rings. The summed E-state index contributed by atoms with van der Waals surface area (Å²) in [4.78, 5) is 9.06. The molecule has 0 unspecified atom stereocenters. The van der Waals surface area contributed by atoms with Gasteiger partial charge in [-0.15, -0.1) is 53.6 Å². The normalized spacial score (nSPS) is 12.2. The van der Waals surface area contributed by atoms with Crippen LogP contribution in [-0.2, 0) is 26.5 Å². The van der Waals surface area contributed by atoms with E-state index in [1.54, 1.807) is 6.07 Å². The minimum absolute atomic E-state index is 0. The summed E-state index contributed by atoms with van der Waals surface area (Å²) < 4.78 is 36.7. The summed E-state index contributed by atoms with van der Waals surface area (Å²) in [5.41, 5.74) is 5.88. The number of fused-ring (bicyclic) bond motifs is 4. The van der Waals surface area contributed by atoms with Crippen molar-refractivity contribution in [2.45, 2.75) is 26.0 Å². The zero-order valence-electron chi connectivity index (χ0n) is 28.7. The van der Waals surface area contributed by atoms with E-state index < -0.39 is 14.4 Å². The summed E-state index contributed by atoms with van der Waals surface area (Å²) in [5.74, 6) is -0.271. The third-order valence-corrected chi connectivity index (χ3v) is 10.1. The number of furan rings is 1. The van der Waals surface area contributed by atoms with Crippen LogP contribution in [-0.4, -0.2) is 18.0 Å². The van der Waals surface area contributed by atoms with Gasteiger partial charge in [0, 0.05) is 46.4 Å². The number of hydrogen-bond donors (Lipinski definition) is 0. The SMILES string of the molecule is C[Si](C)(C)c1ccc(-c2[c-]cc(F)cc2)nc1.[2H]C([2H])(c1ccccc1)c1cccc2oc3c[c-]c(-c4cc5ccccc5cn4)cc3c12.[Ir]. The van der Waals surface area contributed by atoms with Crippen molar-refractivity contribution in [3.8, 4) is 22.5 Å². The van der Waals surface area contributed by atoms with Crippen molar-refractivity contribution >= 4 is 46.0 Å². The van der Waals surface area contributed by atoms with Gasteiger partial charge in [0.2, 0.25) is 0 Å². The fourth-order valence-corrected chi connectivity index (χ4v) is 6.53. The molecule has 0 atom stereocenters. The summed E-state index contributed by atoms with van der Waals surface area (Å²) in [5, 5.41) is 5.17. The van der Waals surface area contributed by atoms with Gasteiger partial charge in [0.05, 0.1) is 13.7 Å². The standard InChI is InChI=1S/C28H18NO.C14H15FNSi.Ir/c1-2-7-19(8-3-1)15-22-11-6-12-27-28(22)24-16-21(13-14-26(24)30-27)25-17-20-9-4-5-10-23(20)18-29-25;1-17(2,3)13-8-9-14(16-10-13)11-4-6-12(15)7-5-11;/h1-12,14,16-18H,15H2;4,6-10H,1-3H3;/q2*-1;/i15D2;;. The average Bonchev–Trinajstić information content (AvgIpc) is 3.50. The van der Waals surface area contributed by atoms with Gasteiger partial charge >= 0.3 is 0 Å². The molecule has 0 aliphatic heterocycles. The number of nitrogens with zero attached hydrogens (tertiary/aromatic N) is 2. The predicted octanol–water partition coefficient (Wildman–Crippen LogP) is 10.4. The Balaban J connectivity index is 0.000000204. The second-order valence-electron chi connectivity index (χ2n) is 12.4. The number of rotatable bonds is 5. The van der Waals surface area contributed by atoms with Crippen molar-refractivity contribution in [2.75, 3.05) is 0 Å². The van der Waals surface area contributed by atoms with Crippen LogP contribution in [0.3, 0.4) is 0 Å². The van der Waals surface area contributed by atoms with E-state index >= 15 is 0 Å². The van der Waals surface area contributed by atoms with Crippen molar-refractivity contribution in [1.29, 1.82) is 0 Å². The molecule has 0 saturated carbocycles. The fraction of sp³-hybridized carbons (Fsp3) is 0.0952. The van der Waals surface area contributed by atoms with E-state index in [1.807, 2.05) is 97.3 Å². The topological polar surface area (TPSA) is 38.9 Å². The molecule has 0 spiro atoms. The number of halogens is 1. The third kappa shape index (κ3) is 7.22. The molecule has 0 amide bonds. The number of pyridine rings is 2. The summed E-state index contributed by atoms with van der Waals surface area (Å²) in [6, 6.07) is 43.6. The summed E-state index contributed by atoms with van der Waals surface area (Å²) in [6.45, 7) is 6.86. The zero-order valence-corrected chi connectivity index (χ0v) is 30.1. The van der Waals surface area contributed by atoms with E-state index in [1.165, 1.54) is 17.3 Å². The predicted molar refractivity (Wildman–Crippen MR) is 194 cm³/mol. The van der Waals surface area contributed by atoms with E-state index in [0.717, 1.165) is 44.1 Å². The van der Waals surface area contributed by atoms with E-state index in [2.05, 4.69) is 59.9 Å². The molecule has 3 nitrogen and oxygen atoms in total. The van der Waals surface area contributed by atoms with Crippen LogP contribution in [0.1, 0.15) is 13.9 Å². The molecule has 0 aliphatic rings. The Hall–Kier alpha value is -4.74. The van der Waals surface area contributed by atoms with E-state index in [-0.39, 0.29) is 25.9 Å². The maximum Gasteiger partial charge on any atom is 0.121 e. The van der Waals surface area contributed by atoms with Crippen LogP contribution in [0.4, 0.5) is 4.39 Å². The van der Waals surface area contributed by atoms with Gasteiger partial charge in [-0.3, -0.25) is 4.39 Å². The van der Waals surface area contributed by atoms with Gasteiger partial charge in [-0.1, -0.05) is 110 Å². The summed E-state index contributed by atoms with van der Waals surface area (Å²) in [7, 11) is -1.30. The maximum atomic E-state index is 12.8. The molecule has 1 radical (unpaired) electrons. The molecule has 8 rings (SSSR count). The summed E-state index contributed by atoms with van der Waals surface area (Å²) >= 11 is 0. The molecule has 5 aromatic carbocycles. The van der Waals surface area contributed by atoms with Crippen LogP contribution in [0.5, 0.6) is 0 Å². The second-order valence-corrected chi connectivity index (χ2v) is 17.5. The molecule has 0 fully saturated rings. The van der Waals surface area contributed by atoms with Crippen LogP contribution < -0.4 is 5.19 Å². The van der Waals surface area contributed by atoms with Crippen molar-refractivity contribution in [1.82, 2.24) is 9.97 Å². The molecular formula is C42H33FIrN2OSi-2. The van der Waals surface area contributed by atoms with E-state index in [0.29, 0.717) is 22.3 Å². The molecule has 48 heavy (non-hydrogen) atoms. The van der Waals surface area contributed by atoms with Gasteiger partial charge in [0.25, 0.3) is 0 Å². The molecule has 3 heterocycles. The minimum Gasteiger partial charge on any atom is -0.500 e. The van der Waals surface area contributed by atoms with E-state index in [4.69, 9.17) is 7.16 Å². The first-order valence-electron chi connectivity index (χ1n) is 16.5. The molecule has 3 aromatic heterocycles. The van der Waals surface area contributed by atoms with Gasteiger partial charge in [-0.05, 0) is 50.9 Å². The van der Waals surface area contributed by atoms with Crippen LogP contribution in [0.25, 0.3) is 55.2 Å². The molecule has 0 saturated heterocycles. The number of aromatic nitrogens is 2. The third-order valence-electron chi connectivity index (χ3n) is 8.07. The Labute approximate surface area is 297 Å². The minimum atomic E-state index is -1.67. The number of benzene rings is 5. The Kier molecular flexibility index (Phi) is 9.02. The Morgan fingerprint density at radius 1 is 0.708 bits per heavy atom. The first kappa shape index (κ1) is 30.6. The quantitative estimate of drug-likeness (QED) is 0.128. The van der Waals surface area contributed by atoms with Crippen molar-refractivity contribution in [2.24, 2.45) is 0 Å². The molecule has 0 aliphatic carbocycles. The van der Waals surface area contributed by atoms with Gasteiger partial charge < -0.3 is 14.4 Å². The average molecular weight is 823 g/mol. The van der Waals surface area contributed by atoms with E-state index in [9.17, 15) is 4.39 Å². The van der Waals surface area contributed by atoms with Crippen LogP contribution in [0.15, 0.2) is 138 Å². The largest absolute Gasteiger partial charge is 0.500 e. The zero-order chi connectivity index (χ0) is 34.2. The molecule has 0 bridgehead atoms. The van der Waals surface area contributed by atoms with Gasteiger partial charge in [0.15, 0.2) is 0 Å². The first-order valence-corrected chi connectivity index (χ1v) is 19.0. The second kappa shape index (κ2) is 14.2. The smallest absolute Gasteiger partial charge is 0.121 e. The Bertz CT molecular complexity index is 2410. The number of hydrogen-bond acceptors (Lipinski definition) is 3. The van der Waals surface area contributed by atoms with Crippen molar-refractivity contribution in [3.05, 3.63) is 163 Å². The molecule has 0 N–H and O–H groups in total. The Morgan fingerprint density at radius 2 is 1.46 bits per heavy atom. The monoisotopic (exact) mass is 823 g/mol. The van der Waals surface area contributed by atoms with Gasteiger partial charge in [-0.2, -0.15) is 0 Å². The van der Waals surface area contributed by atoms with Crippen LogP contribution in [0.2, 0.25) is 19.6 Å². The fourth-order valence-electron chi connectivity index (χ4n) is 5.49. The van der Waals surface area contributed by atoms with Crippen molar-refractivity contribution in [3.63, 3.8) is 0 Å². The van der Waals surface area contributed by atoms with Crippen molar-refractivity contribution < 1.29 is 31.7 Å². The van der Waals surface area contributed by atoms with Gasteiger partial charge in [0.1, 0.15) is 5.58 Å². The molecular weight excluding hydrogens is 788 g/mol. The van der Waals surface area contributed by atoms with Crippen LogP contribution in [0, 0.1) is 17.9 Å². The summed E-state index contributed by atoms with van der Waals surface area (Å²) in [6.07, 6.45) is 2.13. The molecule has 6 heteroatoms. The molecule has 239 valence electrons. The maximum absolute atomic E-state index is 12.8. The van der Waals surface area contributed by atoms with Gasteiger partial charge in [-0.25, -0.2) is 0 Å². The first-order chi connectivity index (χ1) is 23.6. The Morgan fingerprint density at radius 3 is 2.19 bits per heavy atom. The van der Waals surface area contributed by atoms with Crippen LogP contribution >= 0.6 is 0 Å².